The van der Waals surface area contributed by atoms with E-state index in [1.165, 1.54) is 6.08 Å². The van der Waals surface area contributed by atoms with Crippen molar-refractivity contribution >= 4 is 22.7 Å². The van der Waals surface area contributed by atoms with Gasteiger partial charge >= 0.3 is 6.03 Å². The molecule has 3 heterocycles. The van der Waals surface area contributed by atoms with Crippen LogP contribution in [0.2, 0.25) is 0 Å². The average Bonchev–Trinajstić information content (AvgIpc) is 3.34. The van der Waals surface area contributed by atoms with Crippen molar-refractivity contribution in [3.63, 3.8) is 0 Å². The third kappa shape index (κ3) is 3.43. The first-order chi connectivity index (χ1) is 13.2. The van der Waals surface area contributed by atoms with Crippen molar-refractivity contribution in [1.29, 1.82) is 0 Å². The summed E-state index contributed by atoms with van der Waals surface area (Å²) in [7, 11) is 0. The summed E-state index contributed by atoms with van der Waals surface area (Å²) in [5.74, 6) is 0.417. The number of hydrogen-bond acceptors (Lipinski definition) is 5. The lowest BCUT2D eigenvalue weighted by atomic mass is 10.1. The topological polar surface area (TPSA) is 95.6 Å². The molecular weight excluding hydrogens is 346 g/mol. The number of likely N-dealkylation sites (tertiary alicyclic amines) is 1. The summed E-state index contributed by atoms with van der Waals surface area (Å²) in [4.78, 5) is 29.8. The van der Waals surface area contributed by atoms with Gasteiger partial charge in [-0.2, -0.15) is 0 Å². The van der Waals surface area contributed by atoms with Crippen LogP contribution in [0, 0.1) is 0 Å². The van der Waals surface area contributed by atoms with Crippen LogP contribution in [0.5, 0.6) is 5.88 Å². The van der Waals surface area contributed by atoms with Gasteiger partial charge in [0.2, 0.25) is 11.8 Å². The van der Waals surface area contributed by atoms with Gasteiger partial charge in [-0.1, -0.05) is 24.8 Å². The Morgan fingerprint density at radius 2 is 2.26 bits per heavy atom. The van der Waals surface area contributed by atoms with E-state index in [2.05, 4.69) is 27.7 Å². The van der Waals surface area contributed by atoms with Crippen molar-refractivity contribution in [2.45, 2.75) is 25.0 Å². The lowest BCUT2D eigenvalue weighted by Gasteiger charge is -2.23. The van der Waals surface area contributed by atoms with Crippen LogP contribution in [0.1, 0.15) is 24.7 Å². The molecule has 2 saturated heterocycles. The minimum atomic E-state index is -0.435. The molecule has 27 heavy (non-hydrogen) atoms. The second-order valence-corrected chi connectivity index (χ2v) is 6.59. The van der Waals surface area contributed by atoms with E-state index in [0.29, 0.717) is 18.2 Å². The SMILES string of the molecule is C=CC(=O)N1CCC[C@H]1COc1nc(C2NNC(=O)N2)cc2ccccc12. The van der Waals surface area contributed by atoms with Crippen LogP contribution in [-0.4, -0.2) is 41.0 Å². The molecule has 2 aliphatic rings. The summed E-state index contributed by atoms with van der Waals surface area (Å²) in [6.45, 7) is 4.65. The molecule has 2 fully saturated rings. The molecule has 0 aliphatic carbocycles. The maximum atomic E-state index is 12.0. The number of aromatic nitrogens is 1. The summed E-state index contributed by atoms with van der Waals surface area (Å²) in [5.41, 5.74) is 6.00. The Morgan fingerprint density at radius 3 is 3.04 bits per heavy atom. The summed E-state index contributed by atoms with van der Waals surface area (Å²) >= 11 is 0. The van der Waals surface area contributed by atoms with E-state index in [9.17, 15) is 9.59 Å². The van der Waals surface area contributed by atoms with Crippen LogP contribution in [-0.2, 0) is 4.79 Å². The zero-order chi connectivity index (χ0) is 18.8. The fourth-order valence-corrected chi connectivity index (χ4v) is 3.52. The molecule has 1 aromatic heterocycles. The Morgan fingerprint density at radius 1 is 1.41 bits per heavy atom. The van der Waals surface area contributed by atoms with Gasteiger partial charge in [0.15, 0.2) is 0 Å². The van der Waals surface area contributed by atoms with Gasteiger partial charge in [-0.05, 0) is 36.4 Å². The van der Waals surface area contributed by atoms with Crippen LogP contribution in [0.25, 0.3) is 10.8 Å². The molecule has 8 nitrogen and oxygen atoms in total. The standard InChI is InChI=1S/C19H21N5O3/c1-2-16(25)24-9-5-7-13(24)11-27-18-14-8-4-3-6-12(14)10-15(20-18)17-21-19(26)23-22-17/h2-4,6,8,10,13,17,22H,1,5,7,9,11H2,(H2,21,23,26)/t13-,17?/m0/s1. The maximum absolute atomic E-state index is 12.0. The summed E-state index contributed by atoms with van der Waals surface area (Å²) in [6, 6.07) is 9.40. The van der Waals surface area contributed by atoms with Crippen LogP contribution >= 0.6 is 0 Å². The summed E-state index contributed by atoms with van der Waals surface area (Å²) in [5, 5.41) is 4.60. The van der Waals surface area contributed by atoms with Gasteiger partial charge in [-0.15, -0.1) is 0 Å². The molecule has 1 unspecified atom stereocenters. The normalized spacial score (nSPS) is 21.8. The molecule has 0 saturated carbocycles. The van der Waals surface area contributed by atoms with E-state index in [1.807, 2.05) is 30.3 Å². The average molecular weight is 367 g/mol. The fraction of sp³-hybridized carbons (Fsp3) is 0.316. The van der Waals surface area contributed by atoms with Crippen molar-refractivity contribution < 1.29 is 14.3 Å². The number of urea groups is 1. The van der Waals surface area contributed by atoms with Gasteiger partial charge in [0.25, 0.3) is 0 Å². The number of hydrazine groups is 1. The van der Waals surface area contributed by atoms with E-state index in [1.54, 1.807) is 4.90 Å². The third-order valence-corrected chi connectivity index (χ3v) is 4.87. The number of benzene rings is 1. The largest absolute Gasteiger partial charge is 0.475 e. The number of fused-ring (bicyclic) bond motifs is 1. The highest BCUT2D eigenvalue weighted by Crippen LogP contribution is 2.28. The molecule has 0 spiro atoms. The number of hydrogen-bond donors (Lipinski definition) is 3. The molecule has 0 radical (unpaired) electrons. The number of ether oxygens (including phenoxy) is 1. The van der Waals surface area contributed by atoms with Crippen molar-refractivity contribution in [2.75, 3.05) is 13.2 Å². The Bertz CT molecular complexity index is 900. The van der Waals surface area contributed by atoms with Crippen molar-refractivity contribution in [3.8, 4) is 5.88 Å². The minimum Gasteiger partial charge on any atom is -0.475 e. The van der Waals surface area contributed by atoms with Crippen LogP contribution in [0.4, 0.5) is 4.79 Å². The highest BCUT2D eigenvalue weighted by atomic mass is 16.5. The second-order valence-electron chi connectivity index (χ2n) is 6.59. The Hall–Kier alpha value is -3.13. The Kier molecular flexibility index (Phi) is 4.64. The minimum absolute atomic E-state index is 0.00527. The zero-order valence-corrected chi connectivity index (χ0v) is 14.8. The first kappa shape index (κ1) is 17.3. The smallest absolute Gasteiger partial charge is 0.330 e. The van der Waals surface area contributed by atoms with Crippen molar-refractivity contribution in [1.82, 2.24) is 26.1 Å². The van der Waals surface area contributed by atoms with Gasteiger partial charge in [-0.25, -0.2) is 15.2 Å². The number of nitrogens with one attached hydrogen (secondary N) is 3. The number of amides is 3. The second kappa shape index (κ2) is 7.24. The molecule has 4 rings (SSSR count). The lowest BCUT2D eigenvalue weighted by Crippen LogP contribution is -2.38. The van der Waals surface area contributed by atoms with Crippen molar-refractivity contribution in [3.05, 3.63) is 48.7 Å². The fourth-order valence-electron chi connectivity index (χ4n) is 3.52. The van der Waals surface area contributed by atoms with E-state index in [-0.39, 0.29) is 18.0 Å². The molecule has 140 valence electrons. The molecule has 2 atom stereocenters. The van der Waals surface area contributed by atoms with E-state index in [0.717, 1.165) is 30.2 Å². The molecular formula is C19H21N5O3. The molecule has 2 aliphatic heterocycles. The highest BCUT2D eigenvalue weighted by molar-refractivity contribution is 5.88. The molecule has 2 aromatic rings. The van der Waals surface area contributed by atoms with Gasteiger partial charge in [0.1, 0.15) is 12.8 Å². The molecule has 0 bridgehead atoms. The zero-order valence-electron chi connectivity index (χ0n) is 14.8. The molecule has 8 heteroatoms. The van der Waals surface area contributed by atoms with Crippen molar-refractivity contribution in [2.24, 2.45) is 0 Å². The summed E-state index contributed by atoms with van der Waals surface area (Å²) < 4.78 is 6.06. The van der Waals surface area contributed by atoms with E-state index < -0.39 is 6.17 Å². The Labute approximate surface area is 156 Å². The highest BCUT2D eigenvalue weighted by Gasteiger charge is 2.28. The number of carbonyl (C=O) groups excluding carboxylic acids is 2. The third-order valence-electron chi connectivity index (χ3n) is 4.87. The predicted molar refractivity (Wildman–Crippen MR) is 99.7 cm³/mol. The van der Waals surface area contributed by atoms with Crippen LogP contribution < -0.4 is 20.9 Å². The predicted octanol–water partition coefficient (Wildman–Crippen LogP) is 1.61. The Balaban J connectivity index is 1.59. The quantitative estimate of drug-likeness (QED) is 0.698. The number of nitrogens with zero attached hydrogens (tertiary/aromatic N) is 2. The molecule has 3 amide bonds. The first-order valence-corrected chi connectivity index (χ1v) is 8.93. The van der Waals surface area contributed by atoms with Crippen LogP contribution in [0.3, 0.4) is 0 Å². The van der Waals surface area contributed by atoms with Crippen LogP contribution in [0.15, 0.2) is 43.0 Å². The maximum Gasteiger partial charge on any atom is 0.330 e. The number of pyridine rings is 1. The number of carbonyl (C=O) groups is 2. The van der Waals surface area contributed by atoms with Gasteiger partial charge in [-0.3, -0.25) is 10.2 Å². The molecule has 1 aromatic carbocycles. The summed E-state index contributed by atoms with van der Waals surface area (Å²) in [6.07, 6.45) is 2.75. The van der Waals surface area contributed by atoms with Gasteiger partial charge in [0, 0.05) is 11.9 Å². The van der Waals surface area contributed by atoms with E-state index in [4.69, 9.17) is 4.74 Å². The molecule has 3 N–H and O–H groups in total. The van der Waals surface area contributed by atoms with Gasteiger partial charge in [0.05, 0.1) is 11.7 Å². The van der Waals surface area contributed by atoms with E-state index >= 15 is 0 Å². The monoisotopic (exact) mass is 367 g/mol. The first-order valence-electron chi connectivity index (χ1n) is 8.93. The number of rotatable bonds is 5. The van der Waals surface area contributed by atoms with Gasteiger partial charge < -0.3 is 15.0 Å². The lowest BCUT2D eigenvalue weighted by molar-refractivity contribution is -0.127.